The average Bonchev–Trinajstić information content (AvgIpc) is 2.34. The molecule has 92 valence electrons. The van der Waals surface area contributed by atoms with Crippen molar-refractivity contribution in [2.45, 2.75) is 6.42 Å². The van der Waals surface area contributed by atoms with Crippen molar-refractivity contribution in [3.63, 3.8) is 0 Å². The highest BCUT2D eigenvalue weighted by atomic mass is 127. The fourth-order valence-electron chi connectivity index (χ4n) is 1.45. The minimum atomic E-state index is -0.407. The van der Waals surface area contributed by atoms with E-state index in [1.54, 1.807) is 18.3 Å². The first-order valence-electron chi connectivity index (χ1n) is 5.31. The van der Waals surface area contributed by atoms with Gasteiger partial charge in [-0.2, -0.15) is 0 Å². The molecular weight excluding hydrogens is 343 g/mol. The van der Waals surface area contributed by atoms with Crippen molar-refractivity contribution >= 4 is 28.5 Å². The average molecular weight is 354 g/mol. The minimum absolute atomic E-state index is 0.119. The van der Waals surface area contributed by atoms with Crippen LogP contribution < -0.4 is 10.5 Å². The normalized spacial score (nSPS) is 10.1. The molecule has 2 aromatic rings. The molecule has 1 aromatic carbocycles. The van der Waals surface area contributed by atoms with Gasteiger partial charge >= 0.3 is 0 Å². The van der Waals surface area contributed by atoms with E-state index in [0.717, 1.165) is 3.57 Å². The summed E-state index contributed by atoms with van der Waals surface area (Å²) in [5, 5.41) is 0. The third kappa shape index (κ3) is 3.43. The Morgan fingerprint density at radius 3 is 2.67 bits per heavy atom. The Bertz CT molecular complexity index is 555. The maximum absolute atomic E-state index is 11.0. The highest BCUT2D eigenvalue weighted by molar-refractivity contribution is 14.1. The van der Waals surface area contributed by atoms with Gasteiger partial charge in [0.25, 0.3) is 0 Å². The third-order valence-corrected chi connectivity index (χ3v) is 2.96. The highest BCUT2D eigenvalue weighted by Crippen LogP contribution is 2.23. The van der Waals surface area contributed by atoms with Gasteiger partial charge in [-0.15, -0.1) is 0 Å². The largest absolute Gasteiger partial charge is 0.439 e. The van der Waals surface area contributed by atoms with Crippen LogP contribution in [-0.4, -0.2) is 10.9 Å². The zero-order valence-electron chi connectivity index (χ0n) is 9.47. The molecule has 0 aliphatic rings. The second-order valence-corrected chi connectivity index (χ2v) is 4.91. The fourth-order valence-corrected chi connectivity index (χ4v) is 1.81. The number of rotatable bonds is 4. The number of nitrogens with zero attached hydrogens (tertiary/aromatic N) is 1. The summed E-state index contributed by atoms with van der Waals surface area (Å²) in [6, 6.07) is 11.1. The molecule has 1 heterocycles. The number of hydrogen-bond acceptors (Lipinski definition) is 3. The molecule has 0 atom stereocenters. The van der Waals surface area contributed by atoms with Gasteiger partial charge in [-0.05, 0) is 52.9 Å². The van der Waals surface area contributed by atoms with Gasteiger partial charge in [0, 0.05) is 15.3 Å². The van der Waals surface area contributed by atoms with Crippen molar-refractivity contribution in [1.29, 1.82) is 0 Å². The van der Waals surface area contributed by atoms with Gasteiger partial charge in [0.2, 0.25) is 11.8 Å². The van der Waals surface area contributed by atoms with Crippen LogP contribution in [0.5, 0.6) is 11.6 Å². The molecule has 4 nitrogen and oxygen atoms in total. The Balaban J connectivity index is 2.23. The second-order valence-electron chi connectivity index (χ2n) is 3.67. The van der Waals surface area contributed by atoms with Crippen LogP contribution in [0.15, 0.2) is 42.6 Å². The number of nitrogens with two attached hydrogens (primary N) is 1. The molecule has 0 radical (unpaired) electrons. The number of halogens is 1. The number of aromatic nitrogens is 1. The Morgan fingerprint density at radius 1 is 1.28 bits per heavy atom. The van der Waals surface area contributed by atoms with E-state index in [1.807, 2.05) is 24.3 Å². The van der Waals surface area contributed by atoms with Crippen LogP contribution in [0.3, 0.4) is 0 Å². The Labute approximate surface area is 118 Å². The number of benzene rings is 1. The molecule has 0 aliphatic carbocycles. The van der Waals surface area contributed by atoms with Crippen LogP contribution in [0.4, 0.5) is 0 Å². The van der Waals surface area contributed by atoms with Crippen molar-refractivity contribution < 1.29 is 9.53 Å². The van der Waals surface area contributed by atoms with Crippen LogP contribution in [0.25, 0.3) is 0 Å². The van der Waals surface area contributed by atoms with Crippen molar-refractivity contribution in [3.8, 4) is 11.6 Å². The van der Waals surface area contributed by atoms with Gasteiger partial charge in [0.1, 0.15) is 5.75 Å². The molecule has 1 aromatic heterocycles. The van der Waals surface area contributed by atoms with Gasteiger partial charge < -0.3 is 10.5 Å². The number of hydrogen-bond donors (Lipinski definition) is 1. The number of carbonyl (C=O) groups excluding carboxylic acids is 1. The molecule has 0 bridgehead atoms. The zero-order chi connectivity index (χ0) is 13.0. The van der Waals surface area contributed by atoms with Gasteiger partial charge in [-0.3, -0.25) is 4.79 Å². The molecule has 0 spiro atoms. The lowest BCUT2D eigenvalue weighted by atomic mass is 10.2. The van der Waals surface area contributed by atoms with Crippen molar-refractivity contribution in [3.05, 3.63) is 51.7 Å². The monoisotopic (exact) mass is 354 g/mol. The standard InChI is InChI=1S/C13H11IN2O2/c14-10-3-5-11(6-4-10)18-13-9(8-12(15)17)2-1-7-16-13/h1-7H,8H2,(H2,15,17). The molecular formula is C13H11IN2O2. The summed E-state index contributed by atoms with van der Waals surface area (Å²) < 4.78 is 6.77. The SMILES string of the molecule is NC(=O)Cc1cccnc1Oc1ccc(I)cc1. The first-order valence-corrected chi connectivity index (χ1v) is 6.38. The van der Waals surface area contributed by atoms with E-state index in [1.165, 1.54) is 0 Å². The first kappa shape index (κ1) is 12.8. The Hall–Kier alpha value is -1.63. The molecule has 0 aliphatic heterocycles. The summed E-state index contributed by atoms with van der Waals surface area (Å²) in [6.45, 7) is 0. The predicted molar refractivity (Wildman–Crippen MR) is 76.4 cm³/mol. The van der Waals surface area contributed by atoms with Gasteiger partial charge in [0.15, 0.2) is 0 Å². The fraction of sp³-hybridized carbons (Fsp3) is 0.0769. The van der Waals surface area contributed by atoms with Crippen LogP contribution in [0, 0.1) is 3.57 Å². The van der Waals surface area contributed by atoms with Crippen molar-refractivity contribution in [2.24, 2.45) is 5.73 Å². The molecule has 0 fully saturated rings. The molecule has 0 saturated carbocycles. The smallest absolute Gasteiger partial charge is 0.222 e. The zero-order valence-corrected chi connectivity index (χ0v) is 11.6. The number of ether oxygens (including phenoxy) is 1. The second kappa shape index (κ2) is 5.81. The molecule has 2 N–H and O–H groups in total. The molecule has 5 heteroatoms. The van der Waals surface area contributed by atoms with Gasteiger partial charge in [-0.25, -0.2) is 4.98 Å². The topological polar surface area (TPSA) is 65.2 Å². The van der Waals surface area contributed by atoms with E-state index in [0.29, 0.717) is 17.2 Å². The van der Waals surface area contributed by atoms with Crippen LogP contribution >= 0.6 is 22.6 Å². The first-order chi connectivity index (χ1) is 8.65. The maximum Gasteiger partial charge on any atom is 0.222 e. The quantitative estimate of drug-likeness (QED) is 0.859. The number of amides is 1. The summed E-state index contributed by atoms with van der Waals surface area (Å²) in [5.74, 6) is 0.688. The number of primary amides is 1. The van der Waals surface area contributed by atoms with E-state index in [-0.39, 0.29) is 6.42 Å². The minimum Gasteiger partial charge on any atom is -0.439 e. The summed E-state index contributed by atoms with van der Waals surface area (Å²) >= 11 is 2.22. The van der Waals surface area contributed by atoms with E-state index in [4.69, 9.17) is 10.5 Å². The van der Waals surface area contributed by atoms with Crippen LogP contribution in [0.2, 0.25) is 0 Å². The van der Waals surface area contributed by atoms with Crippen molar-refractivity contribution in [2.75, 3.05) is 0 Å². The Morgan fingerprint density at radius 2 is 2.00 bits per heavy atom. The van der Waals surface area contributed by atoms with E-state index in [9.17, 15) is 4.79 Å². The lowest BCUT2D eigenvalue weighted by Gasteiger charge is -2.08. The summed E-state index contributed by atoms with van der Waals surface area (Å²) in [4.78, 5) is 15.1. The highest BCUT2D eigenvalue weighted by Gasteiger charge is 2.08. The summed E-state index contributed by atoms with van der Waals surface area (Å²) in [7, 11) is 0. The number of carbonyl (C=O) groups is 1. The third-order valence-electron chi connectivity index (χ3n) is 2.24. The lowest BCUT2D eigenvalue weighted by Crippen LogP contribution is -2.14. The Kier molecular flexibility index (Phi) is 4.14. The lowest BCUT2D eigenvalue weighted by molar-refractivity contribution is -0.117. The van der Waals surface area contributed by atoms with Gasteiger partial charge in [0.05, 0.1) is 6.42 Å². The van der Waals surface area contributed by atoms with E-state index in [2.05, 4.69) is 27.6 Å². The number of pyridine rings is 1. The summed E-state index contributed by atoms with van der Waals surface area (Å²) in [5.41, 5.74) is 5.87. The molecule has 0 saturated heterocycles. The molecule has 0 unspecified atom stereocenters. The molecule has 2 rings (SSSR count). The predicted octanol–water partition coefficient (Wildman–Crippen LogP) is 2.51. The van der Waals surface area contributed by atoms with Crippen LogP contribution in [-0.2, 0) is 11.2 Å². The van der Waals surface area contributed by atoms with Gasteiger partial charge in [-0.1, -0.05) is 6.07 Å². The van der Waals surface area contributed by atoms with Crippen LogP contribution in [0.1, 0.15) is 5.56 Å². The van der Waals surface area contributed by atoms with Crippen molar-refractivity contribution in [1.82, 2.24) is 4.98 Å². The summed E-state index contributed by atoms with van der Waals surface area (Å²) in [6.07, 6.45) is 1.74. The van der Waals surface area contributed by atoms with E-state index < -0.39 is 5.91 Å². The molecule has 1 amide bonds. The van der Waals surface area contributed by atoms with E-state index >= 15 is 0 Å². The molecule has 18 heavy (non-hydrogen) atoms. The maximum atomic E-state index is 11.0.